The number of rotatable bonds is 4. The van der Waals surface area contributed by atoms with Crippen LogP contribution in [0.2, 0.25) is 0 Å². The minimum Gasteiger partial charge on any atom is -0.461 e. The Morgan fingerprint density at radius 3 is 3.00 bits per heavy atom. The number of aryl methyl sites for hydroxylation is 1. The molecule has 2 aromatic rings. The van der Waals surface area contributed by atoms with Crippen LogP contribution in [0.3, 0.4) is 0 Å². The maximum Gasteiger partial charge on any atom is 0.355 e. The van der Waals surface area contributed by atoms with Gasteiger partial charge >= 0.3 is 5.97 Å². The van der Waals surface area contributed by atoms with Crippen molar-refractivity contribution >= 4 is 5.97 Å². The predicted molar refractivity (Wildman–Crippen MR) is 63.6 cm³/mol. The molecule has 2 aromatic heterocycles. The summed E-state index contributed by atoms with van der Waals surface area (Å²) in [5.41, 5.74) is 2.21. The van der Waals surface area contributed by atoms with Gasteiger partial charge < -0.3 is 9.72 Å². The van der Waals surface area contributed by atoms with Gasteiger partial charge in [0.1, 0.15) is 5.69 Å². The molecule has 0 aromatic carbocycles. The van der Waals surface area contributed by atoms with Crippen molar-refractivity contribution in [2.45, 2.75) is 20.4 Å². The van der Waals surface area contributed by atoms with E-state index in [1.807, 2.05) is 23.9 Å². The number of hydrogen-bond donors (Lipinski definition) is 1. The molecule has 0 unspecified atom stereocenters. The molecule has 0 saturated heterocycles. The van der Waals surface area contributed by atoms with Crippen LogP contribution < -0.4 is 0 Å². The number of esters is 1. The van der Waals surface area contributed by atoms with E-state index in [4.69, 9.17) is 4.74 Å². The van der Waals surface area contributed by atoms with Crippen molar-refractivity contribution in [3.8, 4) is 11.1 Å². The normalized spacial score (nSPS) is 10.5. The van der Waals surface area contributed by atoms with Gasteiger partial charge in [0.2, 0.25) is 0 Å². The third-order valence-electron chi connectivity index (χ3n) is 2.49. The van der Waals surface area contributed by atoms with Crippen LogP contribution in [0, 0.1) is 0 Å². The molecule has 17 heavy (non-hydrogen) atoms. The van der Waals surface area contributed by atoms with Gasteiger partial charge in [0.05, 0.1) is 12.8 Å². The minimum atomic E-state index is -0.336. The standard InChI is InChI=1S/C12H15N3O2/c1-3-15-8-9(7-14-15)10-5-6-13-11(10)12(16)17-4-2/h5-8,13H,3-4H2,1-2H3. The van der Waals surface area contributed by atoms with Crippen LogP contribution in [0.25, 0.3) is 11.1 Å². The fraction of sp³-hybridized carbons (Fsp3) is 0.333. The Balaban J connectivity index is 2.33. The second-order valence-electron chi connectivity index (χ2n) is 3.57. The first-order valence-corrected chi connectivity index (χ1v) is 5.63. The number of carbonyl (C=O) groups is 1. The number of nitrogens with one attached hydrogen (secondary N) is 1. The summed E-state index contributed by atoms with van der Waals surface area (Å²) in [6, 6.07) is 1.85. The Labute approximate surface area is 99.4 Å². The molecule has 0 aliphatic rings. The lowest BCUT2D eigenvalue weighted by molar-refractivity contribution is 0.0521. The molecular weight excluding hydrogens is 218 g/mol. The fourth-order valence-corrected chi connectivity index (χ4v) is 1.66. The monoisotopic (exact) mass is 233 g/mol. The summed E-state index contributed by atoms with van der Waals surface area (Å²) in [5.74, 6) is -0.336. The van der Waals surface area contributed by atoms with Crippen molar-refractivity contribution in [3.05, 3.63) is 30.4 Å². The average Bonchev–Trinajstić information content (AvgIpc) is 2.97. The number of carbonyl (C=O) groups excluding carboxylic acids is 1. The molecule has 0 amide bonds. The summed E-state index contributed by atoms with van der Waals surface area (Å²) < 4.78 is 6.80. The Hall–Kier alpha value is -2.04. The van der Waals surface area contributed by atoms with Crippen LogP contribution in [-0.2, 0) is 11.3 Å². The predicted octanol–water partition coefficient (Wildman–Crippen LogP) is 2.07. The quantitative estimate of drug-likeness (QED) is 0.822. The van der Waals surface area contributed by atoms with Crippen LogP contribution >= 0.6 is 0 Å². The van der Waals surface area contributed by atoms with Crippen molar-refractivity contribution in [2.75, 3.05) is 6.61 Å². The fourth-order valence-electron chi connectivity index (χ4n) is 1.66. The number of hydrogen-bond acceptors (Lipinski definition) is 3. The molecule has 5 nitrogen and oxygen atoms in total. The molecule has 1 N–H and O–H groups in total. The number of H-pyrrole nitrogens is 1. The zero-order chi connectivity index (χ0) is 12.3. The van der Waals surface area contributed by atoms with Crippen LogP contribution in [0.1, 0.15) is 24.3 Å². The second kappa shape index (κ2) is 4.86. The molecule has 2 rings (SSSR count). The smallest absolute Gasteiger partial charge is 0.355 e. The van der Waals surface area contributed by atoms with E-state index in [9.17, 15) is 4.79 Å². The highest BCUT2D eigenvalue weighted by atomic mass is 16.5. The summed E-state index contributed by atoms with van der Waals surface area (Å²) in [6.45, 7) is 4.97. The summed E-state index contributed by atoms with van der Waals surface area (Å²) in [7, 11) is 0. The summed E-state index contributed by atoms with van der Waals surface area (Å²) >= 11 is 0. The van der Waals surface area contributed by atoms with Gasteiger partial charge in [-0.25, -0.2) is 4.79 Å². The zero-order valence-electron chi connectivity index (χ0n) is 9.93. The molecule has 0 aliphatic heterocycles. The molecule has 90 valence electrons. The molecule has 0 saturated carbocycles. The lowest BCUT2D eigenvalue weighted by Crippen LogP contribution is -2.06. The van der Waals surface area contributed by atoms with Crippen LogP contribution in [-0.4, -0.2) is 27.3 Å². The van der Waals surface area contributed by atoms with Crippen LogP contribution in [0.5, 0.6) is 0 Å². The zero-order valence-corrected chi connectivity index (χ0v) is 9.93. The molecule has 2 heterocycles. The van der Waals surface area contributed by atoms with E-state index >= 15 is 0 Å². The van der Waals surface area contributed by atoms with Crippen LogP contribution in [0.4, 0.5) is 0 Å². The van der Waals surface area contributed by atoms with Crippen LogP contribution in [0.15, 0.2) is 24.7 Å². The SMILES string of the molecule is CCOC(=O)c1[nH]ccc1-c1cnn(CC)c1. The first kappa shape index (κ1) is 11.4. The maximum absolute atomic E-state index is 11.7. The van der Waals surface area contributed by atoms with Gasteiger partial charge in [-0.05, 0) is 19.9 Å². The third kappa shape index (κ3) is 2.22. The highest BCUT2D eigenvalue weighted by molar-refractivity contribution is 5.95. The van der Waals surface area contributed by atoms with Gasteiger partial charge in [0, 0.05) is 30.1 Å². The van der Waals surface area contributed by atoms with Gasteiger partial charge in [0.15, 0.2) is 0 Å². The van der Waals surface area contributed by atoms with E-state index in [1.165, 1.54) is 0 Å². The van der Waals surface area contributed by atoms with E-state index in [-0.39, 0.29) is 5.97 Å². The van der Waals surface area contributed by atoms with Crippen molar-refractivity contribution in [2.24, 2.45) is 0 Å². The molecule has 0 fully saturated rings. The highest BCUT2D eigenvalue weighted by Crippen LogP contribution is 2.23. The average molecular weight is 233 g/mol. The Morgan fingerprint density at radius 2 is 2.35 bits per heavy atom. The molecule has 0 bridgehead atoms. The summed E-state index contributed by atoms with van der Waals surface area (Å²) in [5, 5.41) is 4.19. The molecule has 5 heteroatoms. The van der Waals surface area contributed by atoms with E-state index < -0.39 is 0 Å². The van der Waals surface area contributed by atoms with E-state index in [0.717, 1.165) is 17.7 Å². The van der Waals surface area contributed by atoms with Crippen molar-refractivity contribution in [3.63, 3.8) is 0 Å². The molecular formula is C12H15N3O2. The first-order valence-electron chi connectivity index (χ1n) is 5.63. The lowest BCUT2D eigenvalue weighted by Gasteiger charge is -2.01. The number of aromatic amines is 1. The van der Waals surface area contributed by atoms with Gasteiger partial charge in [-0.2, -0.15) is 5.10 Å². The van der Waals surface area contributed by atoms with Crippen molar-refractivity contribution in [1.82, 2.24) is 14.8 Å². The van der Waals surface area contributed by atoms with Gasteiger partial charge in [-0.3, -0.25) is 4.68 Å². The number of ether oxygens (including phenoxy) is 1. The van der Waals surface area contributed by atoms with Gasteiger partial charge in [-0.1, -0.05) is 0 Å². The lowest BCUT2D eigenvalue weighted by atomic mass is 10.1. The Kier molecular flexibility index (Phi) is 3.27. The molecule has 0 spiro atoms. The van der Waals surface area contributed by atoms with E-state index in [0.29, 0.717) is 12.3 Å². The molecule has 0 radical (unpaired) electrons. The van der Waals surface area contributed by atoms with Gasteiger partial charge in [0.25, 0.3) is 0 Å². The molecule has 0 atom stereocenters. The Bertz CT molecular complexity index is 513. The van der Waals surface area contributed by atoms with Gasteiger partial charge in [-0.15, -0.1) is 0 Å². The van der Waals surface area contributed by atoms with Crippen molar-refractivity contribution < 1.29 is 9.53 Å². The van der Waals surface area contributed by atoms with E-state index in [1.54, 1.807) is 19.3 Å². The summed E-state index contributed by atoms with van der Waals surface area (Å²) in [6.07, 6.45) is 5.38. The largest absolute Gasteiger partial charge is 0.461 e. The minimum absolute atomic E-state index is 0.336. The third-order valence-corrected chi connectivity index (χ3v) is 2.49. The second-order valence-corrected chi connectivity index (χ2v) is 3.57. The maximum atomic E-state index is 11.7. The summed E-state index contributed by atoms with van der Waals surface area (Å²) in [4.78, 5) is 14.6. The Morgan fingerprint density at radius 1 is 1.53 bits per heavy atom. The number of nitrogens with zero attached hydrogens (tertiary/aromatic N) is 2. The first-order chi connectivity index (χ1) is 8.26. The number of aromatic nitrogens is 3. The van der Waals surface area contributed by atoms with Crippen molar-refractivity contribution in [1.29, 1.82) is 0 Å². The highest BCUT2D eigenvalue weighted by Gasteiger charge is 2.15. The van der Waals surface area contributed by atoms with E-state index in [2.05, 4.69) is 10.1 Å². The molecule has 0 aliphatic carbocycles. The topological polar surface area (TPSA) is 59.9 Å².